The first-order valence-corrected chi connectivity index (χ1v) is 10.4. The third-order valence-corrected chi connectivity index (χ3v) is 4.39. The fourth-order valence-electron chi connectivity index (χ4n) is 2.70. The first kappa shape index (κ1) is 26.2. The van der Waals surface area contributed by atoms with Crippen LogP contribution in [0.2, 0.25) is 0 Å². The molecule has 3 amide bonds. The highest BCUT2D eigenvalue weighted by Gasteiger charge is 2.35. The highest BCUT2D eigenvalue weighted by molar-refractivity contribution is 7.80. The largest absolute Gasteiger partial charge is 0.508 e. The van der Waals surface area contributed by atoms with Crippen LogP contribution in [0.1, 0.15) is 51.8 Å². The number of aryl methyl sites for hydroxylation is 1. The van der Waals surface area contributed by atoms with E-state index in [-0.39, 0.29) is 17.5 Å². The Balaban J connectivity index is 3.30. The molecular weight excluding hydrogens is 418 g/mol. The van der Waals surface area contributed by atoms with E-state index in [0.717, 1.165) is 4.90 Å². The monoisotopic (exact) mass is 449 g/mol. The van der Waals surface area contributed by atoms with Crippen molar-refractivity contribution in [3.63, 3.8) is 0 Å². The Labute approximate surface area is 189 Å². The zero-order valence-electron chi connectivity index (χ0n) is 18.7. The van der Waals surface area contributed by atoms with Crippen LogP contribution in [0.5, 0.6) is 5.75 Å². The molecule has 1 aromatic rings. The number of phenolic OH excluding ortho intramolecular Hbond substituents is 1. The molecule has 31 heavy (non-hydrogen) atoms. The maximum atomic E-state index is 13.2. The first-order chi connectivity index (χ1) is 14.3. The second kappa shape index (κ2) is 11.0. The van der Waals surface area contributed by atoms with E-state index in [1.807, 2.05) is 0 Å². The van der Waals surface area contributed by atoms with Gasteiger partial charge in [0.15, 0.2) is 0 Å². The summed E-state index contributed by atoms with van der Waals surface area (Å²) >= 11 is 4.15. The van der Waals surface area contributed by atoms with E-state index in [1.54, 1.807) is 47.6 Å². The molecule has 0 saturated heterocycles. The molecule has 0 radical (unpaired) electrons. The van der Waals surface area contributed by atoms with E-state index in [2.05, 4.69) is 29.3 Å². The van der Waals surface area contributed by atoms with Crippen LogP contribution >= 0.6 is 12.6 Å². The van der Waals surface area contributed by atoms with Crippen molar-refractivity contribution in [2.24, 2.45) is 0 Å². The van der Waals surface area contributed by atoms with E-state index in [0.29, 0.717) is 11.1 Å². The lowest BCUT2D eigenvalue weighted by Crippen LogP contribution is -2.52. The lowest BCUT2D eigenvalue weighted by Gasteiger charge is -2.30. The summed E-state index contributed by atoms with van der Waals surface area (Å²) in [5.41, 5.74) is 0.167. The van der Waals surface area contributed by atoms with Gasteiger partial charge in [-0.2, -0.15) is 12.6 Å². The number of rotatable bonds is 7. The SMILES string of the molecule is C#CN(C(=O)C(CS)NC(=O)OC(C)(C)C)C(C(=O)NC(C)C)c1ccc(O)c(C)c1. The summed E-state index contributed by atoms with van der Waals surface area (Å²) in [4.78, 5) is 39.2. The number of phenols is 1. The van der Waals surface area contributed by atoms with Gasteiger partial charge in [0.25, 0.3) is 5.91 Å². The minimum atomic E-state index is -1.18. The molecule has 0 spiro atoms. The average Bonchev–Trinajstić information content (AvgIpc) is 2.63. The molecule has 1 aromatic carbocycles. The number of aromatic hydroxyl groups is 1. The van der Waals surface area contributed by atoms with Gasteiger partial charge in [0, 0.05) is 17.8 Å². The number of thiol groups is 1. The zero-order chi connectivity index (χ0) is 23.9. The van der Waals surface area contributed by atoms with Crippen LogP contribution in [0.25, 0.3) is 0 Å². The van der Waals surface area contributed by atoms with Crippen LogP contribution in [-0.4, -0.2) is 51.4 Å². The maximum Gasteiger partial charge on any atom is 0.408 e. The van der Waals surface area contributed by atoms with Crippen molar-refractivity contribution in [1.82, 2.24) is 15.5 Å². The molecular formula is C22H31N3O5S. The van der Waals surface area contributed by atoms with Crippen LogP contribution in [-0.2, 0) is 14.3 Å². The molecule has 0 fully saturated rings. The normalized spacial score (nSPS) is 13.0. The van der Waals surface area contributed by atoms with Crippen molar-refractivity contribution in [2.75, 3.05) is 5.75 Å². The molecule has 0 bridgehead atoms. The Bertz CT molecular complexity index is 858. The van der Waals surface area contributed by atoms with Gasteiger partial charge in [-0.25, -0.2) is 4.79 Å². The van der Waals surface area contributed by atoms with E-state index in [4.69, 9.17) is 11.2 Å². The maximum absolute atomic E-state index is 13.2. The molecule has 1 rings (SSSR count). The Morgan fingerprint density at radius 3 is 2.32 bits per heavy atom. The van der Waals surface area contributed by atoms with Crippen LogP contribution in [0.15, 0.2) is 18.2 Å². The van der Waals surface area contributed by atoms with Crippen molar-refractivity contribution in [2.45, 2.75) is 65.3 Å². The third kappa shape index (κ3) is 7.72. The Hall–Kier alpha value is -2.86. The summed E-state index contributed by atoms with van der Waals surface area (Å²) in [6.07, 6.45) is 4.83. The van der Waals surface area contributed by atoms with Crippen molar-refractivity contribution in [1.29, 1.82) is 0 Å². The average molecular weight is 450 g/mol. The summed E-state index contributed by atoms with van der Waals surface area (Å²) in [5.74, 6) is -1.21. The van der Waals surface area contributed by atoms with Gasteiger partial charge in [0.2, 0.25) is 5.91 Å². The van der Waals surface area contributed by atoms with Crippen LogP contribution < -0.4 is 10.6 Å². The van der Waals surface area contributed by atoms with Crippen LogP contribution in [0.4, 0.5) is 4.79 Å². The molecule has 170 valence electrons. The van der Waals surface area contributed by atoms with E-state index >= 15 is 0 Å². The van der Waals surface area contributed by atoms with Gasteiger partial charge in [-0.3, -0.25) is 14.5 Å². The molecule has 0 saturated carbocycles. The number of alkyl carbamates (subject to hydrolysis) is 1. The second-order valence-corrected chi connectivity index (χ2v) is 8.70. The standard InChI is InChI=1S/C22H31N3O5S/c1-8-25(20(28)16(12-31)24-21(29)30-22(5,6)7)18(19(27)23-13(2)3)15-9-10-17(26)14(4)11-15/h1,9-11,13,16,18,26,31H,12H2,2-7H3,(H,23,27)(H,24,29). The molecule has 0 heterocycles. The van der Waals surface area contributed by atoms with Crippen molar-refractivity contribution >= 4 is 30.5 Å². The predicted octanol–water partition coefficient (Wildman–Crippen LogP) is 2.51. The number of carbonyl (C=O) groups is 3. The fourth-order valence-corrected chi connectivity index (χ4v) is 2.95. The number of hydrogen-bond donors (Lipinski definition) is 4. The van der Waals surface area contributed by atoms with Crippen LogP contribution in [0.3, 0.4) is 0 Å². The lowest BCUT2D eigenvalue weighted by molar-refractivity contribution is -0.138. The predicted molar refractivity (Wildman–Crippen MR) is 122 cm³/mol. The Morgan fingerprint density at radius 2 is 1.87 bits per heavy atom. The second-order valence-electron chi connectivity index (χ2n) is 8.33. The highest BCUT2D eigenvalue weighted by atomic mass is 32.1. The number of hydrogen-bond acceptors (Lipinski definition) is 6. The van der Waals surface area contributed by atoms with Gasteiger partial charge in [-0.1, -0.05) is 12.5 Å². The highest BCUT2D eigenvalue weighted by Crippen LogP contribution is 2.26. The Morgan fingerprint density at radius 1 is 1.26 bits per heavy atom. The topological polar surface area (TPSA) is 108 Å². The molecule has 2 unspecified atom stereocenters. The number of benzene rings is 1. The van der Waals surface area contributed by atoms with E-state index in [1.165, 1.54) is 12.1 Å². The van der Waals surface area contributed by atoms with E-state index < -0.39 is 35.6 Å². The number of amides is 3. The number of nitrogens with zero attached hydrogens (tertiary/aromatic N) is 1. The van der Waals surface area contributed by atoms with Crippen LogP contribution in [0, 0.1) is 19.4 Å². The number of nitrogens with one attached hydrogen (secondary N) is 2. The fraction of sp³-hybridized carbons (Fsp3) is 0.500. The molecule has 9 heteroatoms. The first-order valence-electron chi connectivity index (χ1n) is 9.80. The molecule has 2 atom stereocenters. The van der Waals surface area contributed by atoms with Gasteiger partial charge in [0.05, 0.1) is 0 Å². The molecule has 0 aliphatic heterocycles. The van der Waals surface area contributed by atoms with Gasteiger partial charge in [-0.15, -0.1) is 0 Å². The summed E-state index contributed by atoms with van der Waals surface area (Å²) < 4.78 is 5.19. The minimum absolute atomic E-state index is 0.0465. The van der Waals surface area contributed by atoms with Gasteiger partial charge in [0.1, 0.15) is 23.4 Å². The number of carbonyl (C=O) groups excluding carboxylic acids is 3. The van der Waals surface area contributed by atoms with Gasteiger partial charge in [-0.05, 0) is 64.8 Å². The molecule has 3 N–H and O–H groups in total. The van der Waals surface area contributed by atoms with Gasteiger partial charge < -0.3 is 20.5 Å². The summed E-state index contributed by atoms with van der Waals surface area (Å²) in [6, 6.07) is 4.27. The molecule has 8 nitrogen and oxygen atoms in total. The zero-order valence-corrected chi connectivity index (χ0v) is 19.6. The molecule has 0 aliphatic carbocycles. The lowest BCUT2D eigenvalue weighted by atomic mass is 10.0. The summed E-state index contributed by atoms with van der Waals surface area (Å²) in [6.45, 7) is 10.3. The third-order valence-electron chi connectivity index (χ3n) is 4.02. The smallest absolute Gasteiger partial charge is 0.408 e. The Kier molecular flexibility index (Phi) is 9.25. The summed E-state index contributed by atoms with van der Waals surface area (Å²) in [7, 11) is 0. The van der Waals surface area contributed by atoms with Crippen molar-refractivity contribution in [3.8, 4) is 18.2 Å². The van der Waals surface area contributed by atoms with Crippen molar-refractivity contribution in [3.05, 3.63) is 29.3 Å². The summed E-state index contributed by atoms with van der Waals surface area (Å²) in [5, 5.41) is 15.0. The number of ether oxygens (including phenoxy) is 1. The molecule has 0 aliphatic rings. The minimum Gasteiger partial charge on any atom is -0.508 e. The quantitative estimate of drug-likeness (QED) is 0.291. The van der Waals surface area contributed by atoms with Crippen molar-refractivity contribution < 1.29 is 24.2 Å². The van der Waals surface area contributed by atoms with E-state index in [9.17, 15) is 19.5 Å². The van der Waals surface area contributed by atoms with Gasteiger partial charge >= 0.3 is 6.09 Å². The molecule has 0 aromatic heterocycles. The number of terminal acetylenes is 1.